The van der Waals surface area contributed by atoms with Gasteiger partial charge >= 0.3 is 0 Å². The fourth-order valence-electron chi connectivity index (χ4n) is 4.56. The van der Waals surface area contributed by atoms with Crippen molar-refractivity contribution in [2.45, 2.75) is 96.6 Å². The van der Waals surface area contributed by atoms with Gasteiger partial charge in [-0.3, -0.25) is 15.8 Å². The molecule has 0 bridgehead atoms. The summed E-state index contributed by atoms with van der Waals surface area (Å²) in [6, 6.07) is 8.36. The lowest BCUT2D eigenvalue weighted by Gasteiger charge is -2.12. The quantitative estimate of drug-likeness (QED) is 0.154. The number of nitrogens with zero attached hydrogens (tertiary/aromatic N) is 3. The van der Waals surface area contributed by atoms with Gasteiger partial charge in [0, 0.05) is 44.2 Å². The summed E-state index contributed by atoms with van der Waals surface area (Å²) >= 11 is 0. The number of ether oxygens (including phenoxy) is 1. The first-order valence-corrected chi connectivity index (χ1v) is 13.5. The van der Waals surface area contributed by atoms with E-state index in [1.807, 2.05) is 17.0 Å². The Kier molecular flexibility index (Phi) is 11.6. The molecule has 3 rings (SSSR count). The predicted octanol–water partition coefficient (Wildman–Crippen LogP) is 5.66. The number of imidazole rings is 1. The molecule has 1 aromatic heterocycles. The first-order chi connectivity index (χ1) is 17.1. The van der Waals surface area contributed by atoms with Crippen molar-refractivity contribution in [2.75, 3.05) is 13.2 Å². The third-order valence-electron chi connectivity index (χ3n) is 6.69. The van der Waals surface area contributed by atoms with Crippen molar-refractivity contribution in [1.29, 1.82) is 10.8 Å². The average molecular weight is 481 g/mol. The molecule has 0 saturated carbocycles. The van der Waals surface area contributed by atoms with Crippen LogP contribution in [0.3, 0.4) is 0 Å². The van der Waals surface area contributed by atoms with Gasteiger partial charge < -0.3 is 19.6 Å². The van der Waals surface area contributed by atoms with E-state index in [1.54, 1.807) is 0 Å². The molecule has 0 atom stereocenters. The van der Waals surface area contributed by atoms with Gasteiger partial charge in [-0.1, -0.05) is 32.1 Å². The summed E-state index contributed by atoms with van der Waals surface area (Å²) in [6.45, 7) is 3.43. The van der Waals surface area contributed by atoms with Gasteiger partial charge in [0.25, 0.3) is 0 Å². The lowest BCUT2D eigenvalue weighted by atomic mass is 10.0. The Labute approximate surface area is 210 Å². The molecule has 0 radical (unpaired) electrons. The fourth-order valence-corrected chi connectivity index (χ4v) is 4.56. The molecule has 1 aliphatic heterocycles. The Morgan fingerprint density at radius 1 is 0.857 bits per heavy atom. The number of unbranched alkanes of at least 4 members (excludes halogenated alkanes) is 7. The Balaban J connectivity index is 1.25. The molecule has 7 heteroatoms. The molecule has 2 aromatic rings. The number of aliphatic imine (C=N–C) groups is 1. The highest BCUT2D eigenvalue weighted by Gasteiger charge is 2.08. The Morgan fingerprint density at radius 3 is 2.11 bits per heavy atom. The molecular weight excluding hydrogens is 436 g/mol. The van der Waals surface area contributed by atoms with Gasteiger partial charge in [0.2, 0.25) is 5.62 Å². The van der Waals surface area contributed by atoms with Crippen LogP contribution in [0.15, 0.2) is 41.7 Å². The van der Waals surface area contributed by atoms with Crippen molar-refractivity contribution >= 4 is 11.5 Å². The lowest BCUT2D eigenvalue weighted by molar-refractivity contribution is 0.302. The third-order valence-corrected chi connectivity index (χ3v) is 6.69. The largest absolute Gasteiger partial charge is 0.494 e. The van der Waals surface area contributed by atoms with Crippen molar-refractivity contribution in [3.8, 4) is 5.75 Å². The second kappa shape index (κ2) is 15.2. The number of rotatable bonds is 17. The van der Waals surface area contributed by atoms with Crippen LogP contribution in [0.1, 0.15) is 89.0 Å². The van der Waals surface area contributed by atoms with E-state index in [0.29, 0.717) is 18.1 Å². The summed E-state index contributed by atoms with van der Waals surface area (Å²) in [6.07, 6.45) is 18.6. The van der Waals surface area contributed by atoms with E-state index < -0.39 is 0 Å². The molecular formula is C28H44N6O. The van der Waals surface area contributed by atoms with Gasteiger partial charge in [0.05, 0.1) is 12.4 Å². The van der Waals surface area contributed by atoms with Gasteiger partial charge in [0.15, 0.2) is 0 Å². The highest BCUT2D eigenvalue weighted by molar-refractivity contribution is 6.00. The normalized spacial score (nSPS) is 13.5. The highest BCUT2D eigenvalue weighted by Crippen LogP contribution is 2.18. The number of nitrogens with one attached hydrogen (secondary N) is 2. The summed E-state index contributed by atoms with van der Waals surface area (Å²) in [5.74, 6) is 1.22. The van der Waals surface area contributed by atoms with Crippen LogP contribution in [0, 0.1) is 10.8 Å². The Hall–Kier alpha value is -2.83. The van der Waals surface area contributed by atoms with Crippen LogP contribution in [-0.4, -0.2) is 33.8 Å². The minimum Gasteiger partial charge on any atom is -0.494 e. The lowest BCUT2D eigenvalue weighted by Crippen LogP contribution is -2.24. The van der Waals surface area contributed by atoms with Crippen LogP contribution in [0.4, 0.5) is 0 Å². The van der Waals surface area contributed by atoms with E-state index in [2.05, 4.69) is 33.8 Å². The van der Waals surface area contributed by atoms with Crippen molar-refractivity contribution in [2.24, 2.45) is 10.7 Å². The maximum Gasteiger partial charge on any atom is 0.202 e. The van der Waals surface area contributed by atoms with Crippen LogP contribution >= 0.6 is 0 Å². The summed E-state index contributed by atoms with van der Waals surface area (Å²) in [5, 5.41) is 15.7. The number of amidine groups is 1. The van der Waals surface area contributed by atoms with Gasteiger partial charge in [-0.05, 0) is 74.8 Å². The van der Waals surface area contributed by atoms with E-state index in [-0.39, 0.29) is 0 Å². The first-order valence-electron chi connectivity index (χ1n) is 13.5. The molecule has 4 N–H and O–H groups in total. The maximum absolute atomic E-state index is 8.43. The SMILES string of the molecule is N=C(N)CCCCCCCCCn1ccn(CCCCOc2ccc(C3=NCCCC3)cc2)c1=N. The van der Waals surface area contributed by atoms with Crippen LogP contribution in [0.2, 0.25) is 0 Å². The molecule has 7 nitrogen and oxygen atoms in total. The standard InChI is InChI=1S/C28H44N6O/c29-27(30)13-6-4-2-1-3-5-9-19-33-21-22-34(28(33)31)20-10-11-23-35-25-16-14-24(15-17-25)26-12-7-8-18-32-26/h14-17,21-22,31H,1-13,18-20,23H2,(H3,29,30). The van der Waals surface area contributed by atoms with Gasteiger partial charge in [-0.15, -0.1) is 0 Å². The molecule has 0 unspecified atom stereocenters. The maximum atomic E-state index is 8.43. The van der Waals surface area contributed by atoms with Crippen molar-refractivity contribution < 1.29 is 4.74 Å². The van der Waals surface area contributed by atoms with E-state index in [0.717, 1.165) is 63.9 Å². The molecule has 192 valence electrons. The zero-order valence-corrected chi connectivity index (χ0v) is 21.3. The minimum absolute atomic E-state index is 0.306. The zero-order valence-electron chi connectivity index (χ0n) is 21.3. The number of hydrogen-bond donors (Lipinski definition) is 3. The van der Waals surface area contributed by atoms with Gasteiger partial charge in [-0.25, -0.2) is 0 Å². The van der Waals surface area contributed by atoms with Crippen LogP contribution in [0.25, 0.3) is 0 Å². The van der Waals surface area contributed by atoms with Crippen molar-refractivity contribution in [1.82, 2.24) is 9.13 Å². The van der Waals surface area contributed by atoms with E-state index in [4.69, 9.17) is 21.3 Å². The number of hydrogen-bond acceptors (Lipinski definition) is 4. The third kappa shape index (κ3) is 9.74. The Bertz CT molecular complexity index is 972. The number of aryl methyl sites for hydroxylation is 2. The summed E-state index contributed by atoms with van der Waals surface area (Å²) in [7, 11) is 0. The molecule has 35 heavy (non-hydrogen) atoms. The second-order valence-corrected chi connectivity index (χ2v) is 9.62. The first kappa shape index (κ1) is 26.8. The fraction of sp³-hybridized carbons (Fsp3) is 0.607. The van der Waals surface area contributed by atoms with E-state index in [9.17, 15) is 0 Å². The number of aromatic nitrogens is 2. The molecule has 1 aliphatic rings. The Morgan fingerprint density at radius 2 is 1.49 bits per heavy atom. The van der Waals surface area contributed by atoms with E-state index >= 15 is 0 Å². The summed E-state index contributed by atoms with van der Waals surface area (Å²) in [4.78, 5) is 4.64. The molecule has 0 saturated heterocycles. The van der Waals surface area contributed by atoms with Crippen LogP contribution in [0.5, 0.6) is 5.75 Å². The molecule has 0 amide bonds. The minimum atomic E-state index is 0.306. The van der Waals surface area contributed by atoms with Crippen LogP contribution in [-0.2, 0) is 13.1 Å². The summed E-state index contributed by atoms with van der Waals surface area (Å²) < 4.78 is 10.0. The number of nitrogens with two attached hydrogens (primary N) is 1. The molecule has 1 aromatic carbocycles. The predicted molar refractivity (Wildman–Crippen MR) is 144 cm³/mol. The topological polar surface area (TPSA) is 105 Å². The van der Waals surface area contributed by atoms with Gasteiger partial charge in [-0.2, -0.15) is 0 Å². The van der Waals surface area contributed by atoms with Gasteiger partial charge in [0.1, 0.15) is 5.75 Å². The molecule has 2 heterocycles. The van der Waals surface area contributed by atoms with Crippen molar-refractivity contribution in [3.05, 3.63) is 47.8 Å². The van der Waals surface area contributed by atoms with Crippen LogP contribution < -0.4 is 16.1 Å². The monoisotopic (exact) mass is 480 g/mol. The highest BCUT2D eigenvalue weighted by atomic mass is 16.5. The molecule has 0 aliphatic carbocycles. The van der Waals surface area contributed by atoms with E-state index in [1.165, 1.54) is 56.2 Å². The zero-order chi connectivity index (χ0) is 24.7. The molecule has 0 fully saturated rings. The number of benzene rings is 1. The summed E-state index contributed by atoms with van der Waals surface area (Å²) in [5.41, 5.74) is 8.43. The van der Waals surface area contributed by atoms with Crippen molar-refractivity contribution in [3.63, 3.8) is 0 Å². The molecule has 0 spiro atoms. The average Bonchev–Trinajstić information content (AvgIpc) is 3.22. The second-order valence-electron chi connectivity index (χ2n) is 9.62. The smallest absolute Gasteiger partial charge is 0.202 e.